The molecule has 0 aromatic rings. The number of rotatable bonds is 72. The molecule has 0 rings (SSSR count). The van der Waals surface area contributed by atoms with Crippen LogP contribution in [0.2, 0.25) is 0 Å². The molecule has 0 spiro atoms. The highest BCUT2D eigenvalue weighted by atomic mass is 31.2. The van der Waals surface area contributed by atoms with E-state index in [1.807, 2.05) is 0 Å². The highest BCUT2D eigenvalue weighted by Crippen LogP contribution is 2.45. The van der Waals surface area contributed by atoms with Crippen LogP contribution < -0.4 is 0 Å². The Morgan fingerprint density at radius 3 is 0.937 bits per heavy atom. The minimum Gasteiger partial charge on any atom is -0.462 e. The summed E-state index contributed by atoms with van der Waals surface area (Å²) in [4.78, 5) is 72.7. The van der Waals surface area contributed by atoms with Crippen molar-refractivity contribution in [3.63, 3.8) is 0 Å². The quantitative estimate of drug-likeness (QED) is 0.0169. The van der Waals surface area contributed by atoms with E-state index in [1.54, 1.807) is 0 Å². The van der Waals surface area contributed by atoms with Gasteiger partial charge in [-0.2, -0.15) is 0 Å². The van der Waals surface area contributed by atoms with Crippen LogP contribution in [0.1, 0.15) is 363 Å². The summed E-state index contributed by atoms with van der Waals surface area (Å²) in [7, 11) is -9.92. The fourth-order valence-electron chi connectivity index (χ4n) is 11.0. The highest BCUT2D eigenvalue weighted by Gasteiger charge is 2.30. The molecule has 0 aliphatic rings. The number of hydrogen-bond donors (Lipinski definition) is 3. The first kappa shape index (κ1) is 92.5. The van der Waals surface area contributed by atoms with Crippen molar-refractivity contribution in [2.24, 2.45) is 17.8 Å². The molecule has 0 saturated carbocycles. The van der Waals surface area contributed by atoms with Gasteiger partial charge < -0.3 is 33.8 Å². The van der Waals surface area contributed by atoms with Crippen LogP contribution in [0.4, 0.5) is 0 Å². The molecule has 3 unspecified atom stereocenters. The SMILES string of the molecule is CCCCCC/C=C\C=C/CCCCCCCC(=O)O[C@H](COC(=O)CCCCCCCCC(C)CC)COP(=O)(O)OC[C@H](O)COP(=O)(O)OC[C@@H](COC(=O)CCCCCCCCCCC(C)C)OC(=O)CCCCCCCCCCCCCCCCCCC(C)C. The Hall–Kier alpha value is -2.46. The third-order valence-electron chi connectivity index (χ3n) is 17.4. The monoisotopic (exact) mass is 1390 g/mol. The van der Waals surface area contributed by atoms with Gasteiger partial charge in [0.05, 0.1) is 26.4 Å². The molecule has 0 radical (unpaired) electrons. The number of phosphoric acid groups is 2. The number of allylic oxidation sites excluding steroid dienone is 4. The summed E-state index contributed by atoms with van der Waals surface area (Å²) in [5.41, 5.74) is 0. The van der Waals surface area contributed by atoms with Crippen LogP contribution in [0.3, 0.4) is 0 Å². The Labute approximate surface area is 580 Å². The van der Waals surface area contributed by atoms with E-state index in [-0.39, 0.29) is 25.7 Å². The lowest BCUT2D eigenvalue weighted by Gasteiger charge is -2.21. The van der Waals surface area contributed by atoms with Crippen molar-refractivity contribution in [3.8, 4) is 0 Å². The molecule has 17 nitrogen and oxygen atoms in total. The molecule has 3 N–H and O–H groups in total. The lowest BCUT2D eigenvalue weighted by Crippen LogP contribution is -2.30. The number of unbranched alkanes of at least 4 members (excludes halogenated alkanes) is 36. The summed E-state index contributed by atoms with van der Waals surface area (Å²) >= 11 is 0. The van der Waals surface area contributed by atoms with Gasteiger partial charge in [0.15, 0.2) is 12.2 Å². The van der Waals surface area contributed by atoms with E-state index >= 15 is 0 Å². The fraction of sp³-hybridized carbons (Fsp3) is 0.895. The minimum atomic E-state index is -4.96. The van der Waals surface area contributed by atoms with Crippen LogP contribution >= 0.6 is 15.6 Å². The largest absolute Gasteiger partial charge is 0.472 e. The number of esters is 4. The average Bonchev–Trinajstić information content (AvgIpc) is 1.47. The summed E-state index contributed by atoms with van der Waals surface area (Å²) in [5.74, 6) is 0.109. The molecule has 0 amide bonds. The zero-order valence-corrected chi connectivity index (χ0v) is 63.4. The molecule has 95 heavy (non-hydrogen) atoms. The van der Waals surface area contributed by atoms with Gasteiger partial charge in [-0.1, -0.05) is 310 Å². The molecule has 6 atom stereocenters. The van der Waals surface area contributed by atoms with Crippen LogP contribution in [0.25, 0.3) is 0 Å². The number of aliphatic hydroxyl groups is 1. The maximum absolute atomic E-state index is 13.1. The van der Waals surface area contributed by atoms with Gasteiger partial charge in [-0.3, -0.25) is 37.3 Å². The maximum atomic E-state index is 13.1. The molecular formula is C76H144O17P2. The number of carbonyl (C=O) groups excluding carboxylic acids is 4. The van der Waals surface area contributed by atoms with Gasteiger partial charge in [0.25, 0.3) is 0 Å². The van der Waals surface area contributed by atoms with E-state index in [0.29, 0.717) is 25.7 Å². The minimum absolute atomic E-state index is 0.0838. The Bertz CT molecular complexity index is 1950. The molecule has 0 bridgehead atoms. The van der Waals surface area contributed by atoms with Gasteiger partial charge in [0.1, 0.15) is 19.3 Å². The normalized spacial score (nSPS) is 14.5. The van der Waals surface area contributed by atoms with Gasteiger partial charge in [-0.15, -0.1) is 0 Å². The van der Waals surface area contributed by atoms with Gasteiger partial charge >= 0.3 is 39.5 Å². The third-order valence-corrected chi connectivity index (χ3v) is 19.3. The van der Waals surface area contributed by atoms with Crippen LogP contribution in [-0.4, -0.2) is 96.7 Å². The van der Waals surface area contributed by atoms with E-state index < -0.39 is 97.5 Å². The van der Waals surface area contributed by atoms with Crippen molar-refractivity contribution in [3.05, 3.63) is 24.3 Å². The van der Waals surface area contributed by atoms with Gasteiger partial charge in [-0.25, -0.2) is 9.13 Å². The van der Waals surface area contributed by atoms with Crippen molar-refractivity contribution < 1.29 is 80.2 Å². The second-order valence-electron chi connectivity index (χ2n) is 27.9. The first-order valence-electron chi connectivity index (χ1n) is 38.7. The summed E-state index contributed by atoms with van der Waals surface area (Å²) < 4.78 is 68.4. The lowest BCUT2D eigenvalue weighted by atomic mass is 10.00. The standard InChI is InChI=1S/C76H144O17P2/c1-8-10-11-12-13-14-15-16-19-23-26-29-36-45-52-60-76(81)93-72(64-87-74(79)58-51-44-39-38-42-49-56-69(7)9-2)66-91-95(84,85)89-62-70(77)61-88-94(82,83)90-65-71(63-86-73(78)57-50-43-35-32-31-34-41-48-55-68(5)6)92-75(80)59-53-46-37-30-27-24-21-18-17-20-22-25-28-33-40-47-54-67(3)4/h14-16,19,67-72,77H,8-13,17-18,20-66H2,1-7H3,(H,82,83)(H,84,85)/b15-14-,19-16-/t69?,70-,71-,72-/m1/s1. The molecule has 0 aliphatic carbocycles. The second kappa shape index (κ2) is 66.1. The fourth-order valence-corrected chi connectivity index (χ4v) is 12.6. The van der Waals surface area contributed by atoms with Crippen molar-refractivity contribution >= 4 is 39.5 Å². The highest BCUT2D eigenvalue weighted by molar-refractivity contribution is 7.47. The molecule has 0 saturated heterocycles. The van der Waals surface area contributed by atoms with E-state index in [0.717, 1.165) is 127 Å². The lowest BCUT2D eigenvalue weighted by molar-refractivity contribution is -0.161. The van der Waals surface area contributed by atoms with Crippen molar-refractivity contribution in [1.82, 2.24) is 0 Å². The predicted octanol–water partition coefficient (Wildman–Crippen LogP) is 21.7. The number of ether oxygens (including phenoxy) is 4. The van der Waals surface area contributed by atoms with Gasteiger partial charge in [0.2, 0.25) is 0 Å². The van der Waals surface area contributed by atoms with Crippen LogP contribution in [-0.2, 0) is 65.4 Å². The Kier molecular flexibility index (Phi) is 64.4. The number of aliphatic hydroxyl groups excluding tert-OH is 1. The smallest absolute Gasteiger partial charge is 0.462 e. The predicted molar refractivity (Wildman–Crippen MR) is 386 cm³/mol. The van der Waals surface area contributed by atoms with E-state index in [1.165, 1.54) is 154 Å². The zero-order valence-electron chi connectivity index (χ0n) is 61.6. The topological polar surface area (TPSA) is 237 Å². The molecule has 0 fully saturated rings. The molecule has 19 heteroatoms. The average molecular weight is 1390 g/mol. The maximum Gasteiger partial charge on any atom is 0.472 e. The second-order valence-corrected chi connectivity index (χ2v) is 30.8. The van der Waals surface area contributed by atoms with Crippen molar-refractivity contribution in [2.45, 2.75) is 381 Å². The Morgan fingerprint density at radius 2 is 0.621 bits per heavy atom. The Balaban J connectivity index is 5.26. The van der Waals surface area contributed by atoms with E-state index in [9.17, 15) is 43.2 Å². The molecule has 0 aromatic heterocycles. The first-order chi connectivity index (χ1) is 45.8. The van der Waals surface area contributed by atoms with Crippen LogP contribution in [0, 0.1) is 17.8 Å². The zero-order chi connectivity index (χ0) is 70.1. The summed E-state index contributed by atoms with van der Waals surface area (Å²) in [6, 6.07) is 0. The summed E-state index contributed by atoms with van der Waals surface area (Å²) in [5, 5.41) is 10.6. The molecule has 560 valence electrons. The number of carbonyl (C=O) groups is 4. The first-order valence-corrected chi connectivity index (χ1v) is 41.7. The van der Waals surface area contributed by atoms with Crippen LogP contribution in [0.5, 0.6) is 0 Å². The summed E-state index contributed by atoms with van der Waals surface area (Å²) in [6.07, 6.45) is 55.0. The van der Waals surface area contributed by atoms with Gasteiger partial charge in [-0.05, 0) is 69.1 Å². The van der Waals surface area contributed by atoms with E-state index in [4.69, 9.17) is 37.0 Å². The molecular weight excluding hydrogens is 1250 g/mol. The molecule has 0 aromatic carbocycles. The van der Waals surface area contributed by atoms with Crippen LogP contribution in [0.15, 0.2) is 24.3 Å². The van der Waals surface area contributed by atoms with Crippen molar-refractivity contribution in [1.29, 1.82) is 0 Å². The summed E-state index contributed by atoms with van der Waals surface area (Å²) in [6.45, 7) is 11.8. The molecule has 0 heterocycles. The van der Waals surface area contributed by atoms with Gasteiger partial charge in [0, 0.05) is 25.7 Å². The number of hydrogen-bond acceptors (Lipinski definition) is 15. The molecule has 0 aliphatic heterocycles. The Morgan fingerprint density at radius 1 is 0.347 bits per heavy atom. The van der Waals surface area contributed by atoms with Crippen molar-refractivity contribution in [2.75, 3.05) is 39.6 Å². The number of phosphoric ester groups is 2. The van der Waals surface area contributed by atoms with E-state index in [2.05, 4.69) is 72.8 Å². The third kappa shape index (κ3) is 68.5.